The van der Waals surface area contributed by atoms with Crippen molar-refractivity contribution in [2.45, 2.75) is 20.0 Å². The Balaban J connectivity index is 2.07. The van der Waals surface area contributed by atoms with Gasteiger partial charge in [-0.3, -0.25) is 14.8 Å². The highest BCUT2D eigenvalue weighted by Crippen LogP contribution is 2.07. The van der Waals surface area contributed by atoms with E-state index >= 15 is 0 Å². The van der Waals surface area contributed by atoms with Gasteiger partial charge in [-0.25, -0.2) is 0 Å². The first-order valence-electron chi connectivity index (χ1n) is 6.43. The fourth-order valence-corrected chi connectivity index (χ4v) is 1.87. The maximum Gasteiger partial charge on any atom is 0.272 e. The Hall–Kier alpha value is -2.27. The van der Waals surface area contributed by atoms with E-state index in [0.717, 1.165) is 17.0 Å². The zero-order valence-corrected chi connectivity index (χ0v) is 11.7. The van der Waals surface area contributed by atoms with Gasteiger partial charge >= 0.3 is 0 Å². The highest BCUT2D eigenvalue weighted by atomic mass is 16.2. The number of aromatic nitrogens is 2. The molecule has 2 aromatic heterocycles. The van der Waals surface area contributed by atoms with E-state index in [0.29, 0.717) is 18.8 Å². The van der Waals surface area contributed by atoms with Crippen LogP contribution in [0.4, 0.5) is 0 Å². The smallest absolute Gasteiger partial charge is 0.272 e. The van der Waals surface area contributed by atoms with Crippen molar-refractivity contribution >= 4 is 5.91 Å². The number of nitrogens with two attached hydrogens (primary N) is 1. The Labute approximate surface area is 118 Å². The summed E-state index contributed by atoms with van der Waals surface area (Å²) >= 11 is 0. The van der Waals surface area contributed by atoms with Crippen molar-refractivity contribution in [1.29, 1.82) is 0 Å². The van der Waals surface area contributed by atoms with Crippen molar-refractivity contribution in [2.75, 3.05) is 7.05 Å². The van der Waals surface area contributed by atoms with Gasteiger partial charge in [0.05, 0.1) is 12.2 Å². The minimum atomic E-state index is -0.128. The molecule has 0 radical (unpaired) electrons. The summed E-state index contributed by atoms with van der Waals surface area (Å²) < 4.78 is 0. The van der Waals surface area contributed by atoms with Crippen LogP contribution in [-0.2, 0) is 13.1 Å². The average molecular weight is 270 g/mol. The molecule has 0 saturated carbocycles. The van der Waals surface area contributed by atoms with Gasteiger partial charge in [-0.1, -0.05) is 12.1 Å². The molecule has 2 rings (SSSR count). The van der Waals surface area contributed by atoms with Crippen LogP contribution < -0.4 is 5.73 Å². The summed E-state index contributed by atoms with van der Waals surface area (Å²) in [6, 6.07) is 9.29. The van der Waals surface area contributed by atoms with Crippen LogP contribution in [0, 0.1) is 6.92 Å². The first-order valence-corrected chi connectivity index (χ1v) is 6.43. The van der Waals surface area contributed by atoms with Gasteiger partial charge in [0.15, 0.2) is 0 Å². The Morgan fingerprint density at radius 2 is 2.10 bits per heavy atom. The first-order chi connectivity index (χ1) is 9.60. The van der Waals surface area contributed by atoms with Gasteiger partial charge in [0.2, 0.25) is 0 Å². The van der Waals surface area contributed by atoms with Gasteiger partial charge < -0.3 is 10.6 Å². The summed E-state index contributed by atoms with van der Waals surface area (Å²) in [4.78, 5) is 22.4. The second-order valence-electron chi connectivity index (χ2n) is 4.69. The second kappa shape index (κ2) is 6.25. The third kappa shape index (κ3) is 3.39. The molecule has 5 heteroatoms. The topological polar surface area (TPSA) is 72.1 Å². The van der Waals surface area contributed by atoms with Crippen LogP contribution >= 0.6 is 0 Å². The zero-order valence-electron chi connectivity index (χ0n) is 11.7. The lowest BCUT2D eigenvalue weighted by molar-refractivity contribution is 0.0777. The average Bonchev–Trinajstić information content (AvgIpc) is 2.46. The first kappa shape index (κ1) is 14.1. The number of rotatable bonds is 4. The van der Waals surface area contributed by atoms with Crippen molar-refractivity contribution in [3.8, 4) is 0 Å². The SMILES string of the molecule is Cc1cccc(CN(C)C(=O)c2ccc(CN)cn2)n1. The monoisotopic (exact) mass is 270 g/mol. The maximum absolute atomic E-state index is 12.2. The molecular formula is C15H18N4O. The van der Waals surface area contributed by atoms with Crippen molar-refractivity contribution in [1.82, 2.24) is 14.9 Å². The number of nitrogens with zero attached hydrogens (tertiary/aromatic N) is 3. The normalized spacial score (nSPS) is 10.3. The molecule has 0 saturated heterocycles. The molecule has 0 aliphatic carbocycles. The molecule has 5 nitrogen and oxygen atoms in total. The number of hydrogen-bond donors (Lipinski definition) is 1. The highest BCUT2D eigenvalue weighted by Gasteiger charge is 2.13. The summed E-state index contributed by atoms with van der Waals surface area (Å²) in [7, 11) is 1.74. The van der Waals surface area contributed by atoms with Crippen molar-refractivity contribution in [2.24, 2.45) is 5.73 Å². The molecule has 2 N–H and O–H groups in total. The van der Waals surface area contributed by atoms with Gasteiger partial charge in [0, 0.05) is 25.5 Å². The van der Waals surface area contributed by atoms with Gasteiger partial charge in [-0.15, -0.1) is 0 Å². The highest BCUT2D eigenvalue weighted by molar-refractivity contribution is 5.92. The van der Waals surface area contributed by atoms with Crippen LogP contribution in [0.15, 0.2) is 36.5 Å². The van der Waals surface area contributed by atoms with Crippen LogP contribution in [-0.4, -0.2) is 27.8 Å². The summed E-state index contributed by atoms with van der Waals surface area (Å²) in [5, 5.41) is 0. The molecule has 0 aromatic carbocycles. The minimum absolute atomic E-state index is 0.128. The van der Waals surface area contributed by atoms with E-state index in [2.05, 4.69) is 9.97 Å². The standard InChI is InChI=1S/C15H18N4O/c1-11-4-3-5-13(18-11)10-19(2)15(20)14-7-6-12(8-16)9-17-14/h3-7,9H,8,10,16H2,1-2H3. The predicted molar refractivity (Wildman–Crippen MR) is 76.9 cm³/mol. The molecule has 0 aliphatic heterocycles. The Morgan fingerprint density at radius 1 is 1.30 bits per heavy atom. The van der Waals surface area contributed by atoms with Crippen molar-refractivity contribution in [3.63, 3.8) is 0 Å². The maximum atomic E-state index is 12.2. The molecule has 20 heavy (non-hydrogen) atoms. The molecule has 0 aliphatic rings. The summed E-state index contributed by atoms with van der Waals surface area (Å²) in [6.07, 6.45) is 1.63. The predicted octanol–water partition coefficient (Wildman–Crippen LogP) is 1.52. The number of carbonyl (C=O) groups is 1. The Kier molecular flexibility index (Phi) is 4.42. The zero-order chi connectivity index (χ0) is 14.5. The molecule has 2 aromatic rings. The summed E-state index contributed by atoms with van der Waals surface area (Å²) in [5.41, 5.74) is 8.63. The van der Waals surface area contributed by atoms with Crippen molar-refractivity contribution < 1.29 is 4.79 Å². The van der Waals surface area contributed by atoms with E-state index in [9.17, 15) is 4.79 Å². The van der Waals surface area contributed by atoms with E-state index in [-0.39, 0.29) is 5.91 Å². The van der Waals surface area contributed by atoms with E-state index in [1.54, 1.807) is 24.2 Å². The third-order valence-corrected chi connectivity index (χ3v) is 2.97. The van der Waals surface area contributed by atoms with Crippen LogP contribution in [0.5, 0.6) is 0 Å². The molecule has 0 bridgehead atoms. The van der Waals surface area contributed by atoms with E-state index in [4.69, 9.17) is 5.73 Å². The number of pyridine rings is 2. The molecule has 0 fully saturated rings. The molecule has 104 valence electrons. The van der Waals surface area contributed by atoms with E-state index in [1.165, 1.54) is 0 Å². The quantitative estimate of drug-likeness (QED) is 0.914. The fourth-order valence-electron chi connectivity index (χ4n) is 1.87. The number of carbonyl (C=O) groups excluding carboxylic acids is 1. The molecule has 0 spiro atoms. The lowest BCUT2D eigenvalue weighted by Gasteiger charge is -2.16. The summed E-state index contributed by atoms with van der Waals surface area (Å²) in [6.45, 7) is 2.81. The van der Waals surface area contributed by atoms with Crippen LogP contribution in [0.3, 0.4) is 0 Å². The lowest BCUT2D eigenvalue weighted by atomic mass is 10.2. The Morgan fingerprint density at radius 3 is 2.70 bits per heavy atom. The van der Waals surface area contributed by atoms with Crippen LogP contribution in [0.2, 0.25) is 0 Å². The van der Waals surface area contributed by atoms with Crippen molar-refractivity contribution in [3.05, 3.63) is 59.2 Å². The Bertz CT molecular complexity index is 595. The third-order valence-electron chi connectivity index (χ3n) is 2.97. The number of aryl methyl sites for hydroxylation is 1. The fraction of sp³-hybridized carbons (Fsp3) is 0.267. The van der Waals surface area contributed by atoms with Gasteiger partial charge in [-0.05, 0) is 30.7 Å². The van der Waals surface area contributed by atoms with Gasteiger partial charge in [0.25, 0.3) is 5.91 Å². The molecular weight excluding hydrogens is 252 g/mol. The number of amides is 1. The summed E-state index contributed by atoms with van der Waals surface area (Å²) in [5.74, 6) is -0.128. The minimum Gasteiger partial charge on any atom is -0.334 e. The van der Waals surface area contributed by atoms with Gasteiger partial charge in [0.1, 0.15) is 5.69 Å². The van der Waals surface area contributed by atoms with Crippen LogP contribution in [0.25, 0.3) is 0 Å². The molecule has 0 unspecified atom stereocenters. The lowest BCUT2D eigenvalue weighted by Crippen LogP contribution is -2.27. The molecule has 0 atom stereocenters. The largest absolute Gasteiger partial charge is 0.334 e. The second-order valence-corrected chi connectivity index (χ2v) is 4.69. The molecule has 1 amide bonds. The van der Waals surface area contributed by atoms with Crippen LogP contribution in [0.1, 0.15) is 27.4 Å². The molecule has 2 heterocycles. The van der Waals surface area contributed by atoms with Gasteiger partial charge in [-0.2, -0.15) is 0 Å². The van der Waals surface area contributed by atoms with E-state index in [1.807, 2.05) is 31.2 Å². The van der Waals surface area contributed by atoms with E-state index < -0.39 is 0 Å². The number of hydrogen-bond acceptors (Lipinski definition) is 4.